The molecule has 1 saturated heterocycles. The first-order valence-electron chi connectivity index (χ1n) is 10.5. The minimum Gasteiger partial charge on any atom is -0.497 e. The standard InChI is InChI=1S/C23H28N2O6S/c1-31-19-12-14-20(15-13-19)32(29,30)25-16-6-5-9-18(23(25,21(24)26)22(27)28)11-10-17-7-3-2-4-8-17/h2-4,7-8,12-15,18H,5-6,9-11,16H2,1H3,(H2,24,26)(H,27,28). The van der Waals surface area contributed by atoms with Gasteiger partial charge in [0.2, 0.25) is 15.6 Å². The van der Waals surface area contributed by atoms with Gasteiger partial charge in [-0.3, -0.25) is 4.79 Å². The molecule has 32 heavy (non-hydrogen) atoms. The second-order valence-corrected chi connectivity index (χ2v) is 9.77. The monoisotopic (exact) mass is 460 g/mol. The van der Waals surface area contributed by atoms with Crippen LogP contribution >= 0.6 is 0 Å². The average Bonchev–Trinajstić information content (AvgIpc) is 2.99. The van der Waals surface area contributed by atoms with Crippen LogP contribution in [0.1, 0.15) is 31.2 Å². The molecule has 3 N–H and O–H groups in total. The number of aliphatic carboxylic acids is 1. The fraction of sp³-hybridized carbons (Fsp3) is 0.391. The molecule has 0 aliphatic carbocycles. The summed E-state index contributed by atoms with van der Waals surface area (Å²) in [5.41, 5.74) is 4.30. The van der Waals surface area contributed by atoms with E-state index in [9.17, 15) is 23.1 Å². The predicted molar refractivity (Wildman–Crippen MR) is 119 cm³/mol. The Morgan fingerprint density at radius 2 is 1.78 bits per heavy atom. The van der Waals surface area contributed by atoms with Crippen LogP contribution in [0.15, 0.2) is 59.5 Å². The van der Waals surface area contributed by atoms with Gasteiger partial charge in [0.1, 0.15) is 5.75 Å². The number of nitrogens with zero attached hydrogens (tertiary/aromatic N) is 1. The quantitative estimate of drug-likeness (QED) is 0.583. The van der Waals surface area contributed by atoms with E-state index in [1.807, 2.05) is 30.3 Å². The van der Waals surface area contributed by atoms with Gasteiger partial charge in [0.25, 0.3) is 5.91 Å². The number of carbonyl (C=O) groups excluding carboxylic acids is 1. The molecule has 0 radical (unpaired) electrons. The van der Waals surface area contributed by atoms with Crippen molar-refractivity contribution in [3.63, 3.8) is 0 Å². The number of hydrogen-bond acceptors (Lipinski definition) is 5. The maximum absolute atomic E-state index is 13.6. The van der Waals surface area contributed by atoms with Crippen LogP contribution in [0.3, 0.4) is 0 Å². The number of aryl methyl sites for hydroxylation is 1. The van der Waals surface area contributed by atoms with E-state index < -0.39 is 33.4 Å². The van der Waals surface area contributed by atoms with Gasteiger partial charge < -0.3 is 15.6 Å². The van der Waals surface area contributed by atoms with Gasteiger partial charge in [0.05, 0.1) is 12.0 Å². The predicted octanol–water partition coefficient (Wildman–Crippen LogP) is 2.43. The smallest absolute Gasteiger partial charge is 0.335 e. The minimum absolute atomic E-state index is 0.106. The van der Waals surface area contributed by atoms with Crippen molar-refractivity contribution in [1.29, 1.82) is 0 Å². The molecule has 1 aliphatic rings. The van der Waals surface area contributed by atoms with Crippen molar-refractivity contribution in [2.24, 2.45) is 11.7 Å². The Labute approximate surface area is 188 Å². The Morgan fingerprint density at radius 3 is 2.34 bits per heavy atom. The van der Waals surface area contributed by atoms with Crippen molar-refractivity contribution in [3.05, 3.63) is 60.2 Å². The Balaban J connectivity index is 2.07. The molecule has 1 aliphatic heterocycles. The zero-order chi connectivity index (χ0) is 23.4. The summed E-state index contributed by atoms with van der Waals surface area (Å²) in [4.78, 5) is 25.3. The fourth-order valence-electron chi connectivity index (χ4n) is 4.47. The molecule has 172 valence electrons. The molecule has 0 spiro atoms. The van der Waals surface area contributed by atoms with Crippen LogP contribution in [-0.4, -0.2) is 48.9 Å². The molecule has 0 saturated carbocycles. The maximum atomic E-state index is 13.6. The van der Waals surface area contributed by atoms with Gasteiger partial charge in [0.15, 0.2) is 0 Å². The van der Waals surface area contributed by atoms with Crippen LogP contribution in [0.5, 0.6) is 5.75 Å². The highest BCUT2D eigenvalue weighted by Crippen LogP contribution is 2.40. The Bertz CT molecular complexity index is 1040. The number of ether oxygens (including phenoxy) is 1. The third-order valence-electron chi connectivity index (χ3n) is 6.12. The molecule has 3 rings (SSSR count). The van der Waals surface area contributed by atoms with E-state index in [2.05, 4.69) is 0 Å². The van der Waals surface area contributed by atoms with E-state index in [-0.39, 0.29) is 11.4 Å². The summed E-state index contributed by atoms with van der Waals surface area (Å²) in [6.45, 7) is -0.106. The SMILES string of the molecule is COc1ccc(S(=O)(=O)N2CCCCC(CCc3ccccc3)C2(C(N)=O)C(=O)O)cc1. The molecular formula is C23H28N2O6S. The number of benzene rings is 2. The summed E-state index contributed by atoms with van der Waals surface area (Å²) >= 11 is 0. The van der Waals surface area contributed by atoms with E-state index in [1.165, 1.54) is 31.4 Å². The number of primary amides is 1. The fourth-order valence-corrected chi connectivity index (χ4v) is 6.27. The summed E-state index contributed by atoms with van der Waals surface area (Å²) in [6, 6.07) is 15.1. The van der Waals surface area contributed by atoms with Crippen LogP contribution < -0.4 is 10.5 Å². The van der Waals surface area contributed by atoms with Crippen LogP contribution in [0, 0.1) is 5.92 Å². The summed E-state index contributed by atoms with van der Waals surface area (Å²) in [5.74, 6) is -3.02. The lowest BCUT2D eigenvalue weighted by atomic mass is 9.77. The zero-order valence-corrected chi connectivity index (χ0v) is 18.8. The van der Waals surface area contributed by atoms with Crippen molar-refractivity contribution < 1.29 is 27.9 Å². The van der Waals surface area contributed by atoms with Crippen molar-refractivity contribution in [1.82, 2.24) is 4.31 Å². The van der Waals surface area contributed by atoms with Gasteiger partial charge in [-0.15, -0.1) is 0 Å². The van der Waals surface area contributed by atoms with Crippen molar-refractivity contribution in [2.75, 3.05) is 13.7 Å². The maximum Gasteiger partial charge on any atom is 0.335 e. The molecule has 1 amide bonds. The second kappa shape index (κ2) is 9.70. The van der Waals surface area contributed by atoms with Crippen molar-refractivity contribution >= 4 is 21.9 Å². The van der Waals surface area contributed by atoms with Gasteiger partial charge in [-0.1, -0.05) is 36.8 Å². The first kappa shape index (κ1) is 23.7. The van der Waals surface area contributed by atoms with E-state index in [4.69, 9.17) is 10.5 Å². The van der Waals surface area contributed by atoms with Gasteiger partial charge in [-0.25, -0.2) is 13.2 Å². The lowest BCUT2D eigenvalue weighted by Crippen LogP contribution is -2.67. The summed E-state index contributed by atoms with van der Waals surface area (Å²) in [7, 11) is -2.87. The van der Waals surface area contributed by atoms with E-state index in [0.717, 1.165) is 9.87 Å². The molecular weight excluding hydrogens is 432 g/mol. The topological polar surface area (TPSA) is 127 Å². The highest BCUT2D eigenvalue weighted by atomic mass is 32.2. The number of carboxylic acid groups (broad SMARTS) is 1. The normalized spacial score (nSPS) is 22.1. The molecule has 2 aromatic carbocycles. The van der Waals surface area contributed by atoms with Crippen LogP contribution in [-0.2, 0) is 26.0 Å². The van der Waals surface area contributed by atoms with Gasteiger partial charge in [-0.2, -0.15) is 4.31 Å². The third kappa shape index (κ3) is 4.35. The Hall–Kier alpha value is -2.91. The number of hydrogen-bond donors (Lipinski definition) is 2. The lowest BCUT2D eigenvalue weighted by Gasteiger charge is -2.40. The minimum atomic E-state index is -4.33. The number of carbonyl (C=O) groups is 2. The van der Waals surface area contributed by atoms with E-state index in [1.54, 1.807) is 0 Å². The first-order valence-corrected chi connectivity index (χ1v) is 11.9. The summed E-state index contributed by atoms with van der Waals surface area (Å²) < 4.78 is 33.1. The van der Waals surface area contributed by atoms with Crippen LogP contribution in [0.4, 0.5) is 0 Å². The third-order valence-corrected chi connectivity index (χ3v) is 8.04. The molecule has 0 bridgehead atoms. The second-order valence-electron chi connectivity index (χ2n) is 7.91. The number of methoxy groups -OCH3 is 1. The van der Waals surface area contributed by atoms with Gasteiger partial charge >= 0.3 is 5.97 Å². The first-order chi connectivity index (χ1) is 15.2. The zero-order valence-electron chi connectivity index (χ0n) is 17.9. The molecule has 2 unspecified atom stereocenters. The molecule has 1 heterocycles. The molecule has 9 heteroatoms. The summed E-state index contributed by atoms with van der Waals surface area (Å²) in [5, 5.41) is 10.3. The number of amides is 1. The number of rotatable bonds is 8. The Morgan fingerprint density at radius 1 is 1.12 bits per heavy atom. The lowest BCUT2D eigenvalue weighted by molar-refractivity contribution is -0.158. The number of sulfonamides is 1. The van der Waals surface area contributed by atoms with E-state index >= 15 is 0 Å². The largest absolute Gasteiger partial charge is 0.497 e. The molecule has 2 atom stereocenters. The van der Waals surface area contributed by atoms with E-state index in [0.29, 0.717) is 37.9 Å². The van der Waals surface area contributed by atoms with Crippen LogP contribution in [0.25, 0.3) is 0 Å². The highest BCUT2D eigenvalue weighted by molar-refractivity contribution is 7.89. The molecule has 2 aromatic rings. The van der Waals surface area contributed by atoms with Crippen molar-refractivity contribution in [2.45, 2.75) is 42.5 Å². The highest BCUT2D eigenvalue weighted by Gasteiger charge is 2.60. The molecule has 8 nitrogen and oxygen atoms in total. The number of nitrogens with two attached hydrogens (primary N) is 1. The van der Waals surface area contributed by atoms with Crippen molar-refractivity contribution in [3.8, 4) is 5.75 Å². The molecule has 1 fully saturated rings. The van der Waals surface area contributed by atoms with Gasteiger partial charge in [-0.05, 0) is 61.4 Å². The number of carboxylic acids is 1. The summed E-state index contributed by atoms with van der Waals surface area (Å²) in [6.07, 6.45) is 2.23. The van der Waals surface area contributed by atoms with Gasteiger partial charge in [0, 0.05) is 6.54 Å². The Kier molecular flexibility index (Phi) is 7.20. The molecule has 0 aromatic heterocycles. The average molecular weight is 461 g/mol. The van der Waals surface area contributed by atoms with Crippen LogP contribution in [0.2, 0.25) is 0 Å².